The van der Waals surface area contributed by atoms with E-state index in [0.717, 1.165) is 47.8 Å². The minimum atomic E-state index is -0.104. The van der Waals surface area contributed by atoms with Gasteiger partial charge in [-0.15, -0.1) is 0 Å². The van der Waals surface area contributed by atoms with E-state index in [0.29, 0.717) is 18.7 Å². The second kappa shape index (κ2) is 10.6. The number of carbonyl (C=O) groups is 1. The summed E-state index contributed by atoms with van der Waals surface area (Å²) in [5.41, 5.74) is 5.93. The van der Waals surface area contributed by atoms with Crippen LogP contribution in [-0.4, -0.2) is 30.1 Å². The maximum Gasteiger partial charge on any atom is 0.250 e. The lowest BCUT2D eigenvalue weighted by Gasteiger charge is -2.27. The molecule has 3 aromatic rings. The molecule has 1 aromatic heterocycles. The third-order valence-corrected chi connectivity index (χ3v) is 6.73. The van der Waals surface area contributed by atoms with E-state index >= 15 is 0 Å². The zero-order valence-electron chi connectivity index (χ0n) is 18.8. The number of amides is 1. The highest BCUT2D eigenvalue weighted by molar-refractivity contribution is 9.10. The number of hydrogen-bond donors (Lipinski definition) is 3. The molecule has 1 aliphatic carbocycles. The molecule has 2 unspecified atom stereocenters. The second-order valence-electron chi connectivity index (χ2n) is 8.68. The Morgan fingerprint density at radius 2 is 2.06 bits per heavy atom. The van der Waals surface area contributed by atoms with Crippen LogP contribution in [0.4, 0.5) is 5.69 Å². The van der Waals surface area contributed by atoms with Crippen molar-refractivity contribution in [2.45, 2.75) is 58.0 Å². The number of fused-ring (bicyclic) bond motifs is 3. The number of halogens is 1. The van der Waals surface area contributed by atoms with E-state index < -0.39 is 0 Å². The van der Waals surface area contributed by atoms with E-state index in [-0.39, 0.29) is 12.5 Å². The number of unbranched alkanes of at least 4 members (excludes halogenated alkanes) is 1. The number of hydrogen-bond acceptors (Lipinski definition) is 3. The van der Waals surface area contributed by atoms with Crippen molar-refractivity contribution in [1.82, 2.24) is 10.3 Å². The van der Waals surface area contributed by atoms with Crippen LogP contribution in [0.5, 0.6) is 0 Å². The molecular formula is C26H32BrN3O2. The number of aromatic amines is 1. The standard InChI is InChI=1S/C26H32BrN3O2/c1-3-4-13-32-16-26(31)29-21-10-12-25-23(15-21)22-14-20(9-11-24(22)30-25)28-17(2)18-5-7-19(27)8-6-18/h5-8,10,12,15,17,20,28,30H,3-4,9,11,13-14,16H2,1-2H3,(H,29,31). The summed E-state index contributed by atoms with van der Waals surface area (Å²) in [6.07, 6.45) is 5.16. The van der Waals surface area contributed by atoms with Crippen molar-refractivity contribution in [1.29, 1.82) is 0 Å². The molecule has 1 heterocycles. The fourth-order valence-corrected chi connectivity index (χ4v) is 4.71. The monoisotopic (exact) mass is 497 g/mol. The van der Waals surface area contributed by atoms with Crippen LogP contribution in [-0.2, 0) is 22.4 Å². The van der Waals surface area contributed by atoms with Crippen LogP contribution in [0.3, 0.4) is 0 Å². The lowest BCUT2D eigenvalue weighted by molar-refractivity contribution is -0.120. The molecule has 0 saturated heterocycles. The summed E-state index contributed by atoms with van der Waals surface area (Å²) in [6, 6.07) is 15.4. The first-order valence-corrected chi connectivity index (χ1v) is 12.4. The molecule has 0 saturated carbocycles. The third-order valence-electron chi connectivity index (χ3n) is 6.20. The van der Waals surface area contributed by atoms with Crippen LogP contribution in [0.1, 0.15) is 56.0 Å². The molecule has 1 aliphatic rings. The fraction of sp³-hybridized carbons (Fsp3) is 0.423. The summed E-state index contributed by atoms with van der Waals surface area (Å²) in [7, 11) is 0. The van der Waals surface area contributed by atoms with Crippen LogP contribution in [0.25, 0.3) is 10.9 Å². The molecule has 3 N–H and O–H groups in total. The average Bonchev–Trinajstić information content (AvgIpc) is 3.14. The van der Waals surface area contributed by atoms with Gasteiger partial charge in [0.25, 0.3) is 0 Å². The largest absolute Gasteiger partial charge is 0.372 e. The number of H-pyrrole nitrogens is 1. The Bertz CT molecular complexity index is 1060. The summed E-state index contributed by atoms with van der Waals surface area (Å²) in [5, 5.41) is 8.00. The van der Waals surface area contributed by atoms with E-state index in [9.17, 15) is 4.79 Å². The van der Waals surface area contributed by atoms with Crippen molar-refractivity contribution >= 4 is 38.4 Å². The molecule has 0 bridgehead atoms. The van der Waals surface area contributed by atoms with E-state index in [2.05, 4.69) is 81.8 Å². The first-order chi connectivity index (χ1) is 15.5. The van der Waals surface area contributed by atoms with Crippen LogP contribution < -0.4 is 10.6 Å². The van der Waals surface area contributed by atoms with Gasteiger partial charge < -0.3 is 20.4 Å². The van der Waals surface area contributed by atoms with Crippen LogP contribution in [0.2, 0.25) is 0 Å². The zero-order valence-corrected chi connectivity index (χ0v) is 20.4. The van der Waals surface area contributed by atoms with Gasteiger partial charge in [-0.3, -0.25) is 4.79 Å². The number of rotatable bonds is 9. The van der Waals surface area contributed by atoms with Crippen LogP contribution >= 0.6 is 15.9 Å². The molecule has 0 radical (unpaired) electrons. The predicted octanol–water partition coefficient (Wildman–Crippen LogP) is 5.89. The fourth-order valence-electron chi connectivity index (χ4n) is 4.45. The highest BCUT2D eigenvalue weighted by atomic mass is 79.9. The highest BCUT2D eigenvalue weighted by Crippen LogP contribution is 2.32. The van der Waals surface area contributed by atoms with Crippen molar-refractivity contribution in [3.05, 3.63) is 63.8 Å². The maximum atomic E-state index is 12.2. The molecule has 32 heavy (non-hydrogen) atoms. The summed E-state index contributed by atoms with van der Waals surface area (Å²) < 4.78 is 6.54. The smallest absolute Gasteiger partial charge is 0.250 e. The van der Waals surface area contributed by atoms with Gasteiger partial charge in [-0.05, 0) is 74.1 Å². The number of nitrogens with one attached hydrogen (secondary N) is 3. The van der Waals surface area contributed by atoms with Crippen molar-refractivity contribution in [3.8, 4) is 0 Å². The Morgan fingerprint density at radius 1 is 1.25 bits per heavy atom. The van der Waals surface area contributed by atoms with Crippen LogP contribution in [0.15, 0.2) is 46.9 Å². The van der Waals surface area contributed by atoms with Gasteiger partial charge in [-0.1, -0.05) is 41.4 Å². The molecule has 6 heteroatoms. The van der Waals surface area contributed by atoms with Crippen LogP contribution in [0, 0.1) is 0 Å². The molecular weight excluding hydrogens is 466 g/mol. The third kappa shape index (κ3) is 5.61. The minimum absolute atomic E-state index is 0.100. The Morgan fingerprint density at radius 3 is 2.84 bits per heavy atom. The van der Waals surface area contributed by atoms with E-state index in [1.807, 2.05) is 6.07 Å². The summed E-state index contributed by atoms with van der Waals surface area (Å²) in [6.45, 7) is 5.06. The maximum absolute atomic E-state index is 12.2. The number of aryl methyl sites for hydroxylation is 1. The number of benzene rings is 2. The highest BCUT2D eigenvalue weighted by Gasteiger charge is 2.24. The molecule has 2 atom stereocenters. The molecule has 2 aromatic carbocycles. The van der Waals surface area contributed by atoms with E-state index in [1.54, 1.807) is 0 Å². The molecule has 1 amide bonds. The van der Waals surface area contributed by atoms with Gasteiger partial charge in [-0.2, -0.15) is 0 Å². The summed E-state index contributed by atoms with van der Waals surface area (Å²) in [4.78, 5) is 15.8. The van der Waals surface area contributed by atoms with Crippen molar-refractivity contribution in [2.75, 3.05) is 18.5 Å². The average molecular weight is 498 g/mol. The number of ether oxygens (including phenoxy) is 1. The Balaban J connectivity index is 1.43. The van der Waals surface area contributed by atoms with Crippen molar-refractivity contribution < 1.29 is 9.53 Å². The molecule has 0 fully saturated rings. The van der Waals surface area contributed by atoms with E-state index in [1.165, 1.54) is 22.2 Å². The van der Waals surface area contributed by atoms with Gasteiger partial charge >= 0.3 is 0 Å². The van der Waals surface area contributed by atoms with Gasteiger partial charge in [0.2, 0.25) is 5.91 Å². The van der Waals surface area contributed by atoms with Gasteiger partial charge in [0, 0.05) is 45.4 Å². The first-order valence-electron chi connectivity index (χ1n) is 11.6. The predicted molar refractivity (Wildman–Crippen MR) is 134 cm³/mol. The lowest BCUT2D eigenvalue weighted by Crippen LogP contribution is -2.36. The van der Waals surface area contributed by atoms with Crippen molar-refractivity contribution in [3.63, 3.8) is 0 Å². The summed E-state index contributed by atoms with van der Waals surface area (Å²) in [5.74, 6) is -0.104. The normalized spacial score (nSPS) is 16.7. The van der Waals surface area contributed by atoms with Gasteiger partial charge in [0.05, 0.1) is 0 Å². The Hall–Kier alpha value is -2.15. The molecule has 0 spiro atoms. The molecule has 0 aliphatic heterocycles. The zero-order chi connectivity index (χ0) is 22.5. The van der Waals surface area contributed by atoms with Gasteiger partial charge in [0.1, 0.15) is 6.61 Å². The molecule has 4 rings (SSSR count). The van der Waals surface area contributed by atoms with Crippen molar-refractivity contribution in [2.24, 2.45) is 0 Å². The Kier molecular flexibility index (Phi) is 7.66. The van der Waals surface area contributed by atoms with Gasteiger partial charge in [0.15, 0.2) is 0 Å². The number of aromatic nitrogens is 1. The number of carbonyl (C=O) groups excluding carboxylic acids is 1. The Labute approximate surface area is 198 Å². The molecule has 170 valence electrons. The summed E-state index contributed by atoms with van der Waals surface area (Å²) >= 11 is 3.51. The quantitative estimate of drug-likeness (QED) is 0.322. The topological polar surface area (TPSA) is 66.1 Å². The SMILES string of the molecule is CCCCOCC(=O)Nc1ccc2[nH]c3c(c2c1)CC(NC(C)c1ccc(Br)cc1)CC3. The number of anilines is 1. The minimum Gasteiger partial charge on any atom is -0.372 e. The second-order valence-corrected chi connectivity index (χ2v) is 9.59. The van der Waals surface area contributed by atoms with E-state index in [4.69, 9.17) is 4.74 Å². The molecule has 5 nitrogen and oxygen atoms in total. The first kappa shape index (κ1) is 23.0. The lowest BCUT2D eigenvalue weighted by atomic mass is 9.90. The van der Waals surface area contributed by atoms with Gasteiger partial charge in [-0.25, -0.2) is 0 Å².